The first-order chi connectivity index (χ1) is 17.2. The number of nitriles is 1. The standard InChI is InChI=1S/C25H23N9S/c26-5-1-6-29-23-10-17(16-34-8-2-7-30-34)11-24(32-23)33-25-31-21-4-3-19(12-22(21)35-25)20-9-18(13-27)14-28-15-20/h2-4,7-12,14-15H,1,5-6,16,26H2,(H2,29,31,32,33). The molecule has 0 atom stereocenters. The lowest BCUT2D eigenvalue weighted by Crippen LogP contribution is -2.11. The van der Waals surface area contributed by atoms with E-state index in [1.165, 1.54) is 0 Å². The van der Waals surface area contributed by atoms with Gasteiger partial charge in [0.2, 0.25) is 0 Å². The van der Waals surface area contributed by atoms with E-state index in [-0.39, 0.29) is 0 Å². The minimum absolute atomic E-state index is 0.534. The molecule has 174 valence electrons. The molecule has 0 aliphatic heterocycles. The summed E-state index contributed by atoms with van der Waals surface area (Å²) < 4.78 is 2.90. The van der Waals surface area contributed by atoms with Gasteiger partial charge in [0.15, 0.2) is 5.13 Å². The van der Waals surface area contributed by atoms with Crippen LogP contribution in [0.3, 0.4) is 0 Å². The lowest BCUT2D eigenvalue weighted by atomic mass is 10.1. The Morgan fingerprint density at radius 2 is 1.97 bits per heavy atom. The zero-order valence-electron chi connectivity index (χ0n) is 18.8. The Morgan fingerprint density at radius 3 is 2.80 bits per heavy atom. The Labute approximate surface area is 206 Å². The molecular formula is C25H23N9S. The molecule has 0 aliphatic rings. The molecule has 0 aliphatic carbocycles. The van der Waals surface area contributed by atoms with E-state index in [1.807, 2.05) is 47.3 Å². The van der Waals surface area contributed by atoms with Gasteiger partial charge in [-0.2, -0.15) is 10.4 Å². The van der Waals surface area contributed by atoms with E-state index in [0.29, 0.717) is 24.5 Å². The van der Waals surface area contributed by atoms with Gasteiger partial charge >= 0.3 is 0 Å². The van der Waals surface area contributed by atoms with Crippen molar-refractivity contribution in [3.05, 3.63) is 78.4 Å². The van der Waals surface area contributed by atoms with Gasteiger partial charge in [-0.25, -0.2) is 9.97 Å². The molecule has 1 aromatic carbocycles. The van der Waals surface area contributed by atoms with Gasteiger partial charge in [0.1, 0.15) is 17.7 Å². The van der Waals surface area contributed by atoms with Gasteiger partial charge in [-0.15, -0.1) is 0 Å². The third-order valence-corrected chi connectivity index (χ3v) is 6.23. The first-order valence-electron chi connectivity index (χ1n) is 11.2. The topological polar surface area (TPSA) is 130 Å². The highest BCUT2D eigenvalue weighted by Gasteiger charge is 2.10. The van der Waals surface area contributed by atoms with Crippen LogP contribution in [0.15, 0.2) is 67.3 Å². The predicted octanol–water partition coefficient (Wildman–Crippen LogP) is 4.37. The van der Waals surface area contributed by atoms with E-state index in [1.54, 1.807) is 29.9 Å². The second kappa shape index (κ2) is 10.3. The third kappa shape index (κ3) is 5.43. The zero-order chi connectivity index (χ0) is 24.0. The van der Waals surface area contributed by atoms with Crippen molar-refractivity contribution in [1.82, 2.24) is 24.7 Å². The van der Waals surface area contributed by atoms with Gasteiger partial charge in [-0.05, 0) is 60.5 Å². The number of benzene rings is 1. The SMILES string of the molecule is N#Cc1cncc(-c2ccc3nc(Nc4cc(Cn5cccn5)cc(NCCCN)n4)sc3c2)c1. The highest BCUT2D eigenvalue weighted by atomic mass is 32.1. The van der Waals surface area contributed by atoms with Crippen LogP contribution in [0.5, 0.6) is 0 Å². The lowest BCUT2D eigenvalue weighted by molar-refractivity contribution is 0.686. The second-order valence-corrected chi connectivity index (χ2v) is 8.95. The maximum Gasteiger partial charge on any atom is 0.189 e. The number of nitrogens with two attached hydrogens (primary N) is 1. The molecular weight excluding hydrogens is 458 g/mol. The molecule has 0 saturated heterocycles. The largest absolute Gasteiger partial charge is 0.370 e. The summed E-state index contributed by atoms with van der Waals surface area (Å²) >= 11 is 1.55. The summed E-state index contributed by atoms with van der Waals surface area (Å²) in [5.41, 5.74) is 10.0. The maximum atomic E-state index is 9.17. The Bertz CT molecular complexity index is 1480. The zero-order valence-corrected chi connectivity index (χ0v) is 19.7. The van der Waals surface area contributed by atoms with Gasteiger partial charge in [-0.3, -0.25) is 9.67 Å². The van der Waals surface area contributed by atoms with Crippen molar-refractivity contribution in [2.24, 2.45) is 5.73 Å². The summed E-state index contributed by atoms with van der Waals surface area (Å²) in [5.74, 6) is 1.48. The fourth-order valence-electron chi connectivity index (χ4n) is 3.66. The highest BCUT2D eigenvalue weighted by Crippen LogP contribution is 2.32. The van der Waals surface area contributed by atoms with Crippen molar-refractivity contribution in [1.29, 1.82) is 5.26 Å². The maximum absolute atomic E-state index is 9.17. The summed E-state index contributed by atoms with van der Waals surface area (Å²) in [6, 6.07) is 15.9. The molecule has 5 aromatic rings. The smallest absolute Gasteiger partial charge is 0.189 e. The van der Waals surface area contributed by atoms with Crippen molar-refractivity contribution in [3.63, 3.8) is 0 Å². The van der Waals surface area contributed by atoms with Crippen LogP contribution in [-0.4, -0.2) is 37.8 Å². The minimum Gasteiger partial charge on any atom is -0.370 e. The number of nitrogens with one attached hydrogen (secondary N) is 2. The summed E-state index contributed by atoms with van der Waals surface area (Å²) in [7, 11) is 0. The van der Waals surface area contributed by atoms with Crippen molar-refractivity contribution >= 4 is 38.3 Å². The number of pyridine rings is 2. The van der Waals surface area contributed by atoms with Crippen LogP contribution in [0.25, 0.3) is 21.3 Å². The number of hydrogen-bond donors (Lipinski definition) is 3. The molecule has 0 unspecified atom stereocenters. The van der Waals surface area contributed by atoms with Crippen LogP contribution in [0.2, 0.25) is 0 Å². The molecule has 5 rings (SSSR count). The van der Waals surface area contributed by atoms with Gasteiger partial charge in [-0.1, -0.05) is 17.4 Å². The van der Waals surface area contributed by atoms with Crippen LogP contribution in [0.4, 0.5) is 16.8 Å². The molecule has 0 amide bonds. The number of thiazole rings is 1. The van der Waals surface area contributed by atoms with Gasteiger partial charge < -0.3 is 16.4 Å². The van der Waals surface area contributed by atoms with Crippen LogP contribution in [0.1, 0.15) is 17.5 Å². The molecule has 4 aromatic heterocycles. The average molecular weight is 482 g/mol. The molecule has 10 heteroatoms. The van der Waals surface area contributed by atoms with Crippen LogP contribution < -0.4 is 16.4 Å². The molecule has 0 radical (unpaired) electrons. The fraction of sp³-hybridized carbons (Fsp3) is 0.160. The van der Waals surface area contributed by atoms with Gasteiger partial charge in [0, 0.05) is 36.9 Å². The van der Waals surface area contributed by atoms with E-state index in [9.17, 15) is 0 Å². The number of rotatable bonds is 9. The number of hydrogen-bond acceptors (Lipinski definition) is 9. The Kier molecular flexibility index (Phi) is 6.61. The number of anilines is 3. The molecule has 4 N–H and O–H groups in total. The number of nitrogens with zero attached hydrogens (tertiary/aromatic N) is 6. The molecule has 4 heterocycles. The third-order valence-electron chi connectivity index (χ3n) is 5.30. The first kappa shape index (κ1) is 22.5. The van der Waals surface area contributed by atoms with Crippen LogP contribution in [-0.2, 0) is 6.54 Å². The van der Waals surface area contributed by atoms with E-state index >= 15 is 0 Å². The normalized spacial score (nSPS) is 10.9. The van der Waals surface area contributed by atoms with Crippen molar-refractivity contribution in [3.8, 4) is 17.2 Å². The van der Waals surface area contributed by atoms with Gasteiger partial charge in [0.25, 0.3) is 0 Å². The quantitative estimate of drug-likeness (QED) is 0.265. The van der Waals surface area contributed by atoms with Crippen molar-refractivity contribution in [2.45, 2.75) is 13.0 Å². The first-order valence-corrected chi connectivity index (χ1v) is 12.0. The monoisotopic (exact) mass is 481 g/mol. The Balaban J connectivity index is 1.41. The summed E-state index contributed by atoms with van der Waals surface area (Å²) in [6.07, 6.45) is 7.88. The molecule has 0 fully saturated rings. The summed E-state index contributed by atoms with van der Waals surface area (Å²) in [4.78, 5) is 13.6. The van der Waals surface area contributed by atoms with E-state index < -0.39 is 0 Å². The second-order valence-electron chi connectivity index (χ2n) is 7.92. The van der Waals surface area contributed by atoms with E-state index in [2.05, 4.69) is 32.9 Å². The molecule has 0 spiro atoms. The van der Waals surface area contributed by atoms with Crippen molar-refractivity contribution in [2.75, 3.05) is 23.7 Å². The van der Waals surface area contributed by atoms with Gasteiger partial charge in [0.05, 0.1) is 22.3 Å². The number of fused-ring (bicyclic) bond motifs is 1. The fourth-order valence-corrected chi connectivity index (χ4v) is 4.57. The molecule has 9 nitrogen and oxygen atoms in total. The Hall–Kier alpha value is -4.33. The molecule has 0 bridgehead atoms. The Morgan fingerprint density at radius 1 is 1.06 bits per heavy atom. The summed E-state index contributed by atoms with van der Waals surface area (Å²) in [5, 5.41) is 20.9. The average Bonchev–Trinajstić information content (AvgIpc) is 3.53. The highest BCUT2D eigenvalue weighted by molar-refractivity contribution is 7.22. The summed E-state index contributed by atoms with van der Waals surface area (Å²) in [6.45, 7) is 2.00. The van der Waals surface area contributed by atoms with Crippen molar-refractivity contribution < 1.29 is 0 Å². The predicted molar refractivity (Wildman–Crippen MR) is 139 cm³/mol. The minimum atomic E-state index is 0.534. The van der Waals surface area contributed by atoms with Crippen LogP contribution >= 0.6 is 11.3 Å². The van der Waals surface area contributed by atoms with E-state index in [4.69, 9.17) is 21.0 Å². The van der Waals surface area contributed by atoms with Crippen LogP contribution in [0, 0.1) is 11.3 Å². The lowest BCUT2D eigenvalue weighted by Gasteiger charge is -2.11. The van der Waals surface area contributed by atoms with E-state index in [0.717, 1.165) is 50.8 Å². The molecule has 0 saturated carbocycles. The number of aromatic nitrogens is 5. The molecule has 35 heavy (non-hydrogen) atoms.